The molecule has 2 heteroatoms. The van der Waals surface area contributed by atoms with Gasteiger partial charge in [-0.25, -0.2) is 0 Å². The van der Waals surface area contributed by atoms with E-state index in [2.05, 4.69) is 69.1 Å². The molecule has 1 aromatic rings. The van der Waals surface area contributed by atoms with Crippen LogP contribution in [0.25, 0.3) is 0 Å². The van der Waals surface area contributed by atoms with Gasteiger partial charge in [0.05, 0.1) is 0 Å². The molecule has 14 heavy (non-hydrogen) atoms. The highest BCUT2D eigenvalue weighted by molar-refractivity contribution is 9.09. The van der Waals surface area contributed by atoms with Gasteiger partial charge < -0.3 is 0 Å². The Morgan fingerprint density at radius 3 is 2.14 bits per heavy atom. The standard InChI is InChI=1S/C12H16Br2/c1-12(9-13,10-14)8-7-11-5-3-2-4-6-11/h2-6H,7-10H2,1H3. The molecule has 0 aliphatic heterocycles. The Morgan fingerprint density at radius 1 is 1.07 bits per heavy atom. The van der Waals surface area contributed by atoms with Gasteiger partial charge in [-0.2, -0.15) is 0 Å². The van der Waals surface area contributed by atoms with E-state index in [1.54, 1.807) is 0 Å². The van der Waals surface area contributed by atoms with E-state index >= 15 is 0 Å². The molecule has 0 atom stereocenters. The lowest BCUT2D eigenvalue weighted by molar-refractivity contribution is 0.403. The van der Waals surface area contributed by atoms with Crippen molar-refractivity contribution in [2.24, 2.45) is 5.41 Å². The second kappa shape index (κ2) is 5.92. The summed E-state index contributed by atoms with van der Waals surface area (Å²) in [6.07, 6.45) is 2.38. The van der Waals surface area contributed by atoms with Crippen molar-refractivity contribution < 1.29 is 0 Å². The summed E-state index contributed by atoms with van der Waals surface area (Å²) in [6.45, 7) is 2.30. The van der Waals surface area contributed by atoms with Crippen molar-refractivity contribution in [3.8, 4) is 0 Å². The molecule has 1 rings (SSSR count). The first-order chi connectivity index (χ1) is 6.70. The molecule has 0 aliphatic rings. The van der Waals surface area contributed by atoms with Gasteiger partial charge in [0.25, 0.3) is 0 Å². The maximum Gasteiger partial charge on any atom is 0.00934 e. The Bertz CT molecular complexity index is 252. The van der Waals surface area contributed by atoms with Gasteiger partial charge in [0, 0.05) is 10.7 Å². The zero-order chi connectivity index (χ0) is 10.4. The van der Waals surface area contributed by atoms with Crippen LogP contribution in [0, 0.1) is 5.41 Å². The molecule has 0 saturated carbocycles. The summed E-state index contributed by atoms with van der Waals surface area (Å²) in [4.78, 5) is 0. The molecule has 0 nitrogen and oxygen atoms in total. The molecule has 0 unspecified atom stereocenters. The molecule has 0 heterocycles. The predicted octanol–water partition coefficient (Wildman–Crippen LogP) is 4.42. The third-order valence-corrected chi connectivity index (χ3v) is 5.21. The minimum atomic E-state index is 0.371. The maximum atomic E-state index is 3.58. The quantitative estimate of drug-likeness (QED) is 0.705. The zero-order valence-corrected chi connectivity index (χ0v) is 11.6. The normalized spacial score (nSPS) is 11.6. The van der Waals surface area contributed by atoms with Crippen molar-refractivity contribution in [1.29, 1.82) is 0 Å². The number of hydrogen-bond donors (Lipinski definition) is 0. The molecule has 0 aromatic heterocycles. The topological polar surface area (TPSA) is 0 Å². The smallest absolute Gasteiger partial charge is 0.00934 e. The van der Waals surface area contributed by atoms with Gasteiger partial charge in [-0.1, -0.05) is 69.1 Å². The summed E-state index contributed by atoms with van der Waals surface area (Å²) in [6, 6.07) is 10.7. The van der Waals surface area contributed by atoms with Crippen molar-refractivity contribution in [2.45, 2.75) is 19.8 Å². The van der Waals surface area contributed by atoms with Crippen molar-refractivity contribution >= 4 is 31.9 Å². The van der Waals surface area contributed by atoms with Gasteiger partial charge in [-0.05, 0) is 23.8 Å². The second-order valence-corrected chi connectivity index (χ2v) is 5.18. The van der Waals surface area contributed by atoms with Gasteiger partial charge in [0.15, 0.2) is 0 Å². The SMILES string of the molecule is CC(CBr)(CBr)CCc1ccccc1. The van der Waals surface area contributed by atoms with E-state index in [0.29, 0.717) is 5.41 Å². The molecule has 0 radical (unpaired) electrons. The molecule has 1 aromatic carbocycles. The predicted molar refractivity (Wildman–Crippen MR) is 70.5 cm³/mol. The average Bonchev–Trinajstić information content (AvgIpc) is 2.27. The summed E-state index contributed by atoms with van der Waals surface area (Å²) >= 11 is 7.15. The minimum Gasteiger partial charge on any atom is -0.0922 e. The van der Waals surface area contributed by atoms with E-state index < -0.39 is 0 Å². The van der Waals surface area contributed by atoms with Crippen LogP contribution in [0.3, 0.4) is 0 Å². The summed E-state index contributed by atoms with van der Waals surface area (Å²) in [7, 11) is 0. The third kappa shape index (κ3) is 3.74. The Labute approximate surface area is 103 Å². The van der Waals surface area contributed by atoms with E-state index in [1.807, 2.05) is 0 Å². The summed E-state index contributed by atoms with van der Waals surface area (Å²) in [5, 5.41) is 2.11. The number of rotatable bonds is 5. The van der Waals surface area contributed by atoms with E-state index in [-0.39, 0.29) is 0 Å². The number of aryl methyl sites for hydroxylation is 1. The van der Waals surface area contributed by atoms with Crippen LogP contribution in [0.15, 0.2) is 30.3 Å². The van der Waals surface area contributed by atoms with Crippen LogP contribution in [-0.4, -0.2) is 10.7 Å². The highest BCUT2D eigenvalue weighted by atomic mass is 79.9. The van der Waals surface area contributed by atoms with Gasteiger partial charge in [-0.3, -0.25) is 0 Å². The van der Waals surface area contributed by atoms with Crippen LogP contribution in [0.5, 0.6) is 0 Å². The van der Waals surface area contributed by atoms with E-state index in [1.165, 1.54) is 12.0 Å². The number of benzene rings is 1. The summed E-state index contributed by atoms with van der Waals surface area (Å²) in [5.74, 6) is 0. The Kier molecular flexibility index (Phi) is 5.18. The Hall–Kier alpha value is 0.180. The largest absolute Gasteiger partial charge is 0.0922 e. The molecule has 0 fully saturated rings. The highest BCUT2D eigenvalue weighted by Gasteiger charge is 2.20. The fraction of sp³-hybridized carbons (Fsp3) is 0.500. The van der Waals surface area contributed by atoms with E-state index in [9.17, 15) is 0 Å². The molecule has 0 bridgehead atoms. The molecule has 0 amide bonds. The van der Waals surface area contributed by atoms with Gasteiger partial charge in [0.2, 0.25) is 0 Å². The lowest BCUT2D eigenvalue weighted by atomic mass is 9.88. The van der Waals surface area contributed by atoms with Gasteiger partial charge in [-0.15, -0.1) is 0 Å². The van der Waals surface area contributed by atoms with E-state index in [4.69, 9.17) is 0 Å². The van der Waals surface area contributed by atoms with E-state index in [0.717, 1.165) is 17.1 Å². The number of alkyl halides is 2. The average molecular weight is 320 g/mol. The summed E-state index contributed by atoms with van der Waals surface area (Å²) < 4.78 is 0. The molecular weight excluding hydrogens is 304 g/mol. The zero-order valence-electron chi connectivity index (χ0n) is 8.47. The van der Waals surface area contributed by atoms with Gasteiger partial charge in [0.1, 0.15) is 0 Å². The molecule has 0 spiro atoms. The monoisotopic (exact) mass is 318 g/mol. The van der Waals surface area contributed by atoms with Crippen molar-refractivity contribution in [3.05, 3.63) is 35.9 Å². The number of halogens is 2. The van der Waals surface area contributed by atoms with Crippen LogP contribution >= 0.6 is 31.9 Å². The maximum absolute atomic E-state index is 3.58. The first-order valence-electron chi connectivity index (χ1n) is 4.86. The first-order valence-corrected chi connectivity index (χ1v) is 7.10. The molecular formula is C12H16Br2. The second-order valence-electron chi connectivity index (χ2n) is 4.06. The molecule has 78 valence electrons. The Morgan fingerprint density at radius 2 is 1.64 bits per heavy atom. The molecule has 0 saturated heterocycles. The van der Waals surface area contributed by atoms with Gasteiger partial charge >= 0.3 is 0 Å². The van der Waals surface area contributed by atoms with Crippen LogP contribution in [-0.2, 0) is 6.42 Å². The highest BCUT2D eigenvalue weighted by Crippen LogP contribution is 2.28. The molecule has 0 aliphatic carbocycles. The van der Waals surface area contributed by atoms with Crippen molar-refractivity contribution in [3.63, 3.8) is 0 Å². The first kappa shape index (κ1) is 12.3. The lowest BCUT2D eigenvalue weighted by Crippen LogP contribution is -2.20. The Balaban J connectivity index is 2.48. The fourth-order valence-corrected chi connectivity index (χ4v) is 2.75. The van der Waals surface area contributed by atoms with Crippen LogP contribution in [0.1, 0.15) is 18.9 Å². The molecule has 0 N–H and O–H groups in total. The third-order valence-electron chi connectivity index (χ3n) is 2.51. The lowest BCUT2D eigenvalue weighted by Gasteiger charge is -2.24. The van der Waals surface area contributed by atoms with Crippen LogP contribution in [0.4, 0.5) is 0 Å². The van der Waals surface area contributed by atoms with Crippen molar-refractivity contribution in [1.82, 2.24) is 0 Å². The minimum absolute atomic E-state index is 0.371. The van der Waals surface area contributed by atoms with Crippen LogP contribution < -0.4 is 0 Å². The fourth-order valence-electron chi connectivity index (χ4n) is 1.26. The number of hydrogen-bond acceptors (Lipinski definition) is 0. The van der Waals surface area contributed by atoms with Crippen LogP contribution in [0.2, 0.25) is 0 Å². The van der Waals surface area contributed by atoms with Crippen molar-refractivity contribution in [2.75, 3.05) is 10.7 Å². The summed E-state index contributed by atoms with van der Waals surface area (Å²) in [5.41, 5.74) is 1.80.